The maximum Gasteiger partial charge on any atom is 0.321 e. The maximum absolute atomic E-state index is 12.6. The molecule has 138 valence electrons. The molecule has 1 heterocycles. The fourth-order valence-electron chi connectivity index (χ4n) is 3.00. The number of anilines is 3. The van der Waals surface area contributed by atoms with Crippen LogP contribution in [0, 0.1) is 5.92 Å². The largest absolute Gasteiger partial charge is 0.336 e. The van der Waals surface area contributed by atoms with E-state index in [1.807, 2.05) is 0 Å². The summed E-state index contributed by atoms with van der Waals surface area (Å²) in [5.74, 6) is -0.133. The van der Waals surface area contributed by atoms with Crippen LogP contribution in [0.25, 0.3) is 0 Å². The number of rotatable bonds is 5. The first-order valence-electron chi connectivity index (χ1n) is 8.98. The van der Waals surface area contributed by atoms with E-state index in [-0.39, 0.29) is 23.8 Å². The highest BCUT2D eigenvalue weighted by atomic mass is 16.2. The number of urea groups is 1. The fourth-order valence-corrected chi connectivity index (χ4v) is 3.00. The zero-order valence-corrected chi connectivity index (χ0v) is 14.7. The van der Waals surface area contributed by atoms with Crippen molar-refractivity contribution in [3.8, 4) is 0 Å². The molecular weight excluding hydrogens is 344 g/mol. The highest BCUT2D eigenvalue weighted by molar-refractivity contribution is 6.06. The van der Waals surface area contributed by atoms with Gasteiger partial charge >= 0.3 is 6.03 Å². The van der Waals surface area contributed by atoms with Crippen LogP contribution in [0.1, 0.15) is 23.2 Å². The molecule has 3 N–H and O–H groups in total. The van der Waals surface area contributed by atoms with Crippen LogP contribution in [0.5, 0.6) is 0 Å². The van der Waals surface area contributed by atoms with E-state index in [9.17, 15) is 14.4 Å². The molecular formula is C20H20N4O3. The minimum absolute atomic E-state index is 0.0232. The third-order valence-corrected chi connectivity index (χ3v) is 4.61. The molecule has 0 unspecified atom stereocenters. The number of hydrogen-bond donors (Lipinski definition) is 3. The Morgan fingerprint density at radius 1 is 1.00 bits per heavy atom. The van der Waals surface area contributed by atoms with Crippen LogP contribution < -0.4 is 20.9 Å². The molecule has 0 spiro atoms. The Balaban J connectivity index is 1.46. The second kappa shape index (κ2) is 7.11. The lowest BCUT2D eigenvalue weighted by Crippen LogP contribution is -2.27. The lowest BCUT2D eigenvalue weighted by molar-refractivity contribution is -0.117. The number of amides is 4. The van der Waals surface area contributed by atoms with Gasteiger partial charge in [0, 0.05) is 41.6 Å². The molecule has 1 saturated carbocycles. The van der Waals surface area contributed by atoms with E-state index in [1.165, 1.54) is 0 Å². The molecule has 4 amide bonds. The molecule has 0 bridgehead atoms. The molecule has 0 atom stereocenters. The Morgan fingerprint density at radius 2 is 1.74 bits per heavy atom. The van der Waals surface area contributed by atoms with Gasteiger partial charge in [-0.05, 0) is 49.2 Å². The van der Waals surface area contributed by atoms with Crippen molar-refractivity contribution >= 4 is 34.9 Å². The molecule has 1 aliphatic heterocycles. The van der Waals surface area contributed by atoms with Gasteiger partial charge in [-0.25, -0.2) is 4.79 Å². The number of hydrogen-bond acceptors (Lipinski definition) is 3. The Labute approximate surface area is 156 Å². The van der Waals surface area contributed by atoms with E-state index in [0.29, 0.717) is 35.7 Å². The van der Waals surface area contributed by atoms with Crippen molar-refractivity contribution in [3.63, 3.8) is 0 Å². The summed E-state index contributed by atoms with van der Waals surface area (Å²) in [6.45, 7) is 1.17. The van der Waals surface area contributed by atoms with Crippen molar-refractivity contribution in [2.24, 2.45) is 5.92 Å². The first-order valence-corrected chi connectivity index (χ1v) is 8.98. The molecule has 4 rings (SSSR count). The summed E-state index contributed by atoms with van der Waals surface area (Å²) >= 11 is 0. The van der Waals surface area contributed by atoms with Crippen LogP contribution in [0.15, 0.2) is 48.5 Å². The lowest BCUT2D eigenvalue weighted by atomic mass is 10.1. The van der Waals surface area contributed by atoms with E-state index in [4.69, 9.17) is 0 Å². The minimum Gasteiger partial charge on any atom is -0.336 e. The topological polar surface area (TPSA) is 90.5 Å². The number of carbonyl (C=O) groups excluding carboxylic acids is 3. The van der Waals surface area contributed by atoms with Gasteiger partial charge in [-0.2, -0.15) is 0 Å². The van der Waals surface area contributed by atoms with Crippen molar-refractivity contribution in [3.05, 3.63) is 54.1 Å². The van der Waals surface area contributed by atoms with Gasteiger partial charge in [0.25, 0.3) is 5.91 Å². The zero-order valence-electron chi connectivity index (χ0n) is 14.7. The summed E-state index contributed by atoms with van der Waals surface area (Å²) in [5.41, 5.74) is 2.40. The Morgan fingerprint density at radius 3 is 2.44 bits per heavy atom. The van der Waals surface area contributed by atoms with Gasteiger partial charge in [0.05, 0.1) is 0 Å². The van der Waals surface area contributed by atoms with Gasteiger partial charge in [0.15, 0.2) is 0 Å². The Bertz CT molecular complexity index is 908. The molecule has 7 heteroatoms. The standard InChI is InChI=1S/C20H20N4O3/c25-18(13-7-8-13)22-15-4-2-5-16(12-15)23-19(26)14-3-1-6-17(11-14)24-10-9-21-20(24)27/h1-6,11-13H,7-10H2,(H,21,27)(H,22,25)(H,23,26). The second-order valence-electron chi connectivity index (χ2n) is 6.73. The van der Waals surface area contributed by atoms with Crippen molar-refractivity contribution in [2.75, 3.05) is 28.6 Å². The van der Waals surface area contributed by atoms with Crippen LogP contribution in [-0.2, 0) is 4.79 Å². The summed E-state index contributed by atoms with van der Waals surface area (Å²) in [6, 6.07) is 13.9. The first-order chi connectivity index (χ1) is 13.1. The lowest BCUT2D eigenvalue weighted by Gasteiger charge is -2.15. The molecule has 0 radical (unpaired) electrons. The Hall–Kier alpha value is -3.35. The number of carbonyl (C=O) groups is 3. The first kappa shape index (κ1) is 17.1. The van der Waals surface area contributed by atoms with E-state index < -0.39 is 0 Å². The van der Waals surface area contributed by atoms with Crippen LogP contribution >= 0.6 is 0 Å². The SMILES string of the molecule is O=C(Nc1cccc(NC(=O)C2CC2)c1)c1cccc(N2CCNC2=O)c1. The summed E-state index contributed by atoms with van der Waals surface area (Å²) in [4.78, 5) is 37.9. The van der Waals surface area contributed by atoms with Crippen molar-refractivity contribution in [1.29, 1.82) is 0 Å². The second-order valence-corrected chi connectivity index (χ2v) is 6.73. The molecule has 2 aromatic carbocycles. The van der Waals surface area contributed by atoms with Crippen molar-refractivity contribution < 1.29 is 14.4 Å². The van der Waals surface area contributed by atoms with E-state index in [0.717, 1.165) is 12.8 Å². The van der Waals surface area contributed by atoms with Crippen LogP contribution in [0.4, 0.5) is 21.9 Å². The van der Waals surface area contributed by atoms with Crippen molar-refractivity contribution in [2.45, 2.75) is 12.8 Å². The number of nitrogens with one attached hydrogen (secondary N) is 3. The van der Waals surface area contributed by atoms with E-state index >= 15 is 0 Å². The summed E-state index contributed by atoms with van der Waals surface area (Å²) < 4.78 is 0. The van der Waals surface area contributed by atoms with Gasteiger partial charge in [0.2, 0.25) is 5.91 Å². The van der Waals surface area contributed by atoms with E-state index in [1.54, 1.807) is 53.4 Å². The molecule has 7 nitrogen and oxygen atoms in total. The zero-order chi connectivity index (χ0) is 18.8. The summed E-state index contributed by atoms with van der Waals surface area (Å²) in [7, 11) is 0. The molecule has 1 saturated heterocycles. The van der Waals surface area contributed by atoms with Crippen LogP contribution in [0.2, 0.25) is 0 Å². The highest BCUT2D eigenvalue weighted by Crippen LogP contribution is 2.30. The molecule has 0 aromatic heterocycles. The van der Waals surface area contributed by atoms with Gasteiger partial charge < -0.3 is 16.0 Å². The van der Waals surface area contributed by atoms with Gasteiger partial charge in [-0.15, -0.1) is 0 Å². The van der Waals surface area contributed by atoms with Crippen LogP contribution in [-0.4, -0.2) is 30.9 Å². The van der Waals surface area contributed by atoms with Crippen molar-refractivity contribution in [1.82, 2.24) is 5.32 Å². The summed E-state index contributed by atoms with van der Waals surface area (Å²) in [5, 5.41) is 8.45. The average Bonchev–Trinajstić information content (AvgIpc) is 3.43. The van der Waals surface area contributed by atoms with Crippen LogP contribution in [0.3, 0.4) is 0 Å². The van der Waals surface area contributed by atoms with Gasteiger partial charge in [-0.3, -0.25) is 14.5 Å². The van der Waals surface area contributed by atoms with Gasteiger partial charge in [0.1, 0.15) is 0 Å². The predicted molar refractivity (Wildman–Crippen MR) is 103 cm³/mol. The summed E-state index contributed by atoms with van der Waals surface area (Å²) in [6.07, 6.45) is 1.88. The average molecular weight is 364 g/mol. The molecule has 1 aliphatic carbocycles. The monoisotopic (exact) mass is 364 g/mol. The number of benzene rings is 2. The normalized spacial score (nSPS) is 16.0. The smallest absolute Gasteiger partial charge is 0.321 e. The maximum atomic E-state index is 12.6. The fraction of sp³-hybridized carbons (Fsp3) is 0.250. The highest BCUT2D eigenvalue weighted by Gasteiger charge is 2.29. The quantitative estimate of drug-likeness (QED) is 0.762. The molecule has 2 fully saturated rings. The molecule has 2 aliphatic rings. The molecule has 27 heavy (non-hydrogen) atoms. The van der Waals surface area contributed by atoms with E-state index in [2.05, 4.69) is 16.0 Å². The number of nitrogens with zero attached hydrogens (tertiary/aromatic N) is 1. The van der Waals surface area contributed by atoms with Gasteiger partial charge in [-0.1, -0.05) is 12.1 Å². The molecule has 2 aromatic rings. The minimum atomic E-state index is -0.276. The third-order valence-electron chi connectivity index (χ3n) is 4.61. The Kier molecular flexibility index (Phi) is 4.50. The third kappa shape index (κ3) is 3.92. The predicted octanol–water partition coefficient (Wildman–Crippen LogP) is 2.82.